The molecule has 0 unspecified atom stereocenters. The first-order chi connectivity index (χ1) is 7.35. The highest BCUT2D eigenvalue weighted by Gasteiger charge is 2.00. The van der Waals surface area contributed by atoms with Gasteiger partial charge in [0.2, 0.25) is 0 Å². The van der Waals surface area contributed by atoms with Crippen molar-refractivity contribution in [3.05, 3.63) is 42.4 Å². The number of pyridine rings is 1. The molecule has 0 aliphatic rings. The van der Waals surface area contributed by atoms with E-state index in [9.17, 15) is 0 Å². The van der Waals surface area contributed by atoms with E-state index in [1.54, 1.807) is 16.9 Å². The highest BCUT2D eigenvalue weighted by Crippen LogP contribution is 2.12. The minimum atomic E-state index is 0.829. The highest BCUT2D eigenvalue weighted by atomic mass is 15.2. The van der Waals surface area contributed by atoms with Gasteiger partial charge in [-0.05, 0) is 12.1 Å². The van der Waals surface area contributed by atoms with Crippen molar-refractivity contribution in [3.63, 3.8) is 0 Å². The smallest absolute Gasteiger partial charge is 0.0661 e. The summed E-state index contributed by atoms with van der Waals surface area (Å²) in [6.07, 6.45) is 6.77. The summed E-state index contributed by atoms with van der Waals surface area (Å²) in [5.41, 5.74) is 2.85. The minimum absolute atomic E-state index is 0.829. The Morgan fingerprint density at radius 2 is 2.33 bits per heavy atom. The van der Waals surface area contributed by atoms with Gasteiger partial charge in [-0.1, -0.05) is 6.07 Å². The molecule has 15 heavy (non-hydrogen) atoms. The van der Waals surface area contributed by atoms with Crippen LogP contribution in [-0.4, -0.2) is 22.9 Å². The second kappa shape index (κ2) is 3.96. The summed E-state index contributed by atoms with van der Waals surface area (Å²) in [6.45, 7) is 0. The van der Waals surface area contributed by atoms with Crippen LogP contribution in [0, 0.1) is 5.41 Å². The van der Waals surface area contributed by atoms with Gasteiger partial charge >= 0.3 is 0 Å². The largest absolute Gasteiger partial charge is 0.393 e. The van der Waals surface area contributed by atoms with Gasteiger partial charge in [0.25, 0.3) is 0 Å². The Morgan fingerprint density at radius 3 is 3.07 bits per heavy atom. The molecule has 4 heteroatoms. The summed E-state index contributed by atoms with van der Waals surface area (Å²) in [5.74, 6) is 0. The van der Waals surface area contributed by atoms with E-state index in [4.69, 9.17) is 5.41 Å². The topological polar surface area (TPSA) is 53.2 Å². The minimum Gasteiger partial charge on any atom is -0.393 e. The maximum absolute atomic E-state index is 7.31. The lowest BCUT2D eigenvalue weighted by Gasteiger charge is -2.02. The van der Waals surface area contributed by atoms with Crippen LogP contribution in [0.4, 0.5) is 0 Å². The van der Waals surface area contributed by atoms with Crippen LogP contribution in [0.3, 0.4) is 0 Å². The molecule has 0 aromatic carbocycles. The van der Waals surface area contributed by atoms with Gasteiger partial charge in [0.1, 0.15) is 0 Å². The molecule has 0 saturated carbocycles. The number of hydrogen-bond donors (Lipinski definition) is 2. The Hall–Kier alpha value is -2.10. The van der Waals surface area contributed by atoms with Crippen molar-refractivity contribution in [3.8, 4) is 0 Å². The summed E-state index contributed by atoms with van der Waals surface area (Å²) in [7, 11) is 1.82. The van der Waals surface area contributed by atoms with Gasteiger partial charge in [0.05, 0.1) is 5.52 Å². The van der Waals surface area contributed by atoms with E-state index in [1.807, 2.05) is 31.4 Å². The Balaban J connectivity index is 2.51. The summed E-state index contributed by atoms with van der Waals surface area (Å²) in [6, 6.07) is 5.90. The first-order valence-corrected chi connectivity index (χ1v) is 4.67. The van der Waals surface area contributed by atoms with Crippen molar-refractivity contribution in [2.75, 3.05) is 7.05 Å². The maximum Gasteiger partial charge on any atom is 0.0661 e. The van der Waals surface area contributed by atoms with Crippen molar-refractivity contribution in [2.45, 2.75) is 0 Å². The highest BCUT2D eigenvalue weighted by molar-refractivity contribution is 6.08. The summed E-state index contributed by atoms with van der Waals surface area (Å²) >= 11 is 0. The Morgan fingerprint density at radius 1 is 1.47 bits per heavy atom. The molecule has 0 fully saturated rings. The van der Waals surface area contributed by atoms with Gasteiger partial charge in [-0.25, -0.2) is 4.52 Å². The Kier molecular flexibility index (Phi) is 2.49. The lowest BCUT2D eigenvalue weighted by molar-refractivity contribution is 0.958. The molecule has 2 aromatic heterocycles. The molecule has 2 heterocycles. The molecule has 2 aromatic rings. The van der Waals surface area contributed by atoms with Crippen molar-refractivity contribution in [1.29, 1.82) is 5.41 Å². The molecule has 0 aliphatic carbocycles. The van der Waals surface area contributed by atoms with Crippen LogP contribution in [0.5, 0.6) is 0 Å². The average Bonchev–Trinajstić information content (AvgIpc) is 2.72. The first kappa shape index (κ1) is 9.45. The quantitative estimate of drug-likeness (QED) is 0.738. The van der Waals surface area contributed by atoms with Gasteiger partial charge in [0, 0.05) is 43.0 Å². The lowest BCUT2D eigenvalue weighted by Crippen LogP contribution is -1.98. The number of nitrogens with zero attached hydrogens (tertiary/aromatic N) is 2. The fraction of sp³-hybridized carbons (Fsp3) is 0.0909. The molecule has 0 saturated heterocycles. The van der Waals surface area contributed by atoms with Gasteiger partial charge < -0.3 is 10.7 Å². The van der Waals surface area contributed by atoms with E-state index in [0.717, 1.165) is 16.7 Å². The molecule has 0 atom stereocenters. The number of nitrogens with one attached hydrogen (secondary N) is 2. The van der Waals surface area contributed by atoms with Crippen molar-refractivity contribution < 1.29 is 0 Å². The predicted octanol–water partition coefficient (Wildman–Crippen LogP) is 1.54. The fourth-order valence-corrected chi connectivity index (χ4v) is 1.45. The molecule has 0 spiro atoms. The summed E-state index contributed by atoms with van der Waals surface area (Å²) < 4.78 is 1.79. The van der Waals surface area contributed by atoms with E-state index >= 15 is 0 Å². The number of rotatable bonds is 3. The van der Waals surface area contributed by atoms with E-state index in [1.165, 1.54) is 6.21 Å². The molecular weight excluding hydrogens is 188 g/mol. The molecule has 2 rings (SSSR count). The van der Waals surface area contributed by atoms with Gasteiger partial charge in [-0.15, -0.1) is 0 Å². The zero-order valence-corrected chi connectivity index (χ0v) is 8.44. The second-order valence-corrected chi connectivity index (χ2v) is 3.15. The Bertz CT molecular complexity index is 510. The Labute approximate surface area is 87.7 Å². The van der Waals surface area contributed by atoms with Gasteiger partial charge in [-0.3, -0.25) is 0 Å². The molecule has 76 valence electrons. The van der Waals surface area contributed by atoms with Crippen LogP contribution >= 0.6 is 0 Å². The van der Waals surface area contributed by atoms with Gasteiger partial charge in [-0.2, -0.15) is 5.10 Å². The van der Waals surface area contributed by atoms with Crippen LogP contribution in [-0.2, 0) is 0 Å². The van der Waals surface area contributed by atoms with Crippen molar-refractivity contribution in [1.82, 2.24) is 14.9 Å². The molecule has 0 radical (unpaired) electrons. The van der Waals surface area contributed by atoms with Crippen LogP contribution < -0.4 is 5.32 Å². The number of hydrogen-bond acceptors (Lipinski definition) is 3. The molecule has 0 bridgehead atoms. The molecule has 2 N–H and O–H groups in total. The number of aromatic nitrogens is 2. The fourth-order valence-electron chi connectivity index (χ4n) is 1.45. The van der Waals surface area contributed by atoms with E-state index in [0.29, 0.717) is 0 Å². The lowest BCUT2D eigenvalue weighted by atomic mass is 10.1. The second-order valence-electron chi connectivity index (χ2n) is 3.15. The number of fused-ring (bicyclic) bond motifs is 1. The third-order valence-electron chi connectivity index (χ3n) is 2.18. The van der Waals surface area contributed by atoms with Crippen molar-refractivity contribution >= 4 is 17.3 Å². The van der Waals surface area contributed by atoms with Gasteiger partial charge in [0.15, 0.2) is 0 Å². The molecule has 4 nitrogen and oxygen atoms in total. The van der Waals surface area contributed by atoms with E-state index in [2.05, 4.69) is 10.4 Å². The summed E-state index contributed by atoms with van der Waals surface area (Å²) in [5, 5.41) is 14.4. The van der Waals surface area contributed by atoms with Crippen LogP contribution in [0.25, 0.3) is 11.1 Å². The van der Waals surface area contributed by atoms with Crippen LogP contribution in [0.1, 0.15) is 5.56 Å². The van der Waals surface area contributed by atoms with Crippen LogP contribution in [0.2, 0.25) is 0 Å². The molecular formula is C11H12N4. The number of allylic oxidation sites excluding steroid dienone is 1. The standard InChI is InChI=1S/C11H12N4/c1-13-7-10(6-12)9-2-3-11-4-5-14-15(11)8-9/h2-8,12-13H,1H3/b10-7+,12-6?. The van der Waals surface area contributed by atoms with E-state index < -0.39 is 0 Å². The van der Waals surface area contributed by atoms with E-state index in [-0.39, 0.29) is 0 Å². The third-order valence-corrected chi connectivity index (χ3v) is 2.18. The zero-order chi connectivity index (χ0) is 10.7. The molecule has 0 aliphatic heterocycles. The third kappa shape index (κ3) is 1.74. The maximum atomic E-state index is 7.31. The monoisotopic (exact) mass is 200 g/mol. The van der Waals surface area contributed by atoms with Crippen molar-refractivity contribution in [2.24, 2.45) is 0 Å². The predicted molar refractivity (Wildman–Crippen MR) is 61.0 cm³/mol. The SMILES string of the molecule is CN/C=C(\C=N)c1ccc2ccnn2c1. The molecule has 0 amide bonds. The zero-order valence-electron chi connectivity index (χ0n) is 8.44. The average molecular weight is 200 g/mol. The normalized spacial score (nSPS) is 11.7. The first-order valence-electron chi connectivity index (χ1n) is 4.67. The summed E-state index contributed by atoms with van der Waals surface area (Å²) in [4.78, 5) is 0. The van der Waals surface area contributed by atoms with Crippen LogP contribution in [0.15, 0.2) is 36.8 Å².